The first-order chi connectivity index (χ1) is 10.6. The van der Waals surface area contributed by atoms with Crippen LogP contribution in [0.3, 0.4) is 0 Å². The van der Waals surface area contributed by atoms with Gasteiger partial charge in [-0.2, -0.15) is 13.2 Å². The second kappa shape index (κ2) is 6.47. The van der Waals surface area contributed by atoms with Gasteiger partial charge in [0.25, 0.3) is 0 Å². The van der Waals surface area contributed by atoms with E-state index in [-0.39, 0.29) is 24.4 Å². The Kier molecular flexibility index (Phi) is 4.98. The fourth-order valence-electron chi connectivity index (χ4n) is 3.21. The Hall–Kier alpha value is -1.63. The lowest BCUT2D eigenvalue weighted by Gasteiger charge is -2.32. The number of hydrogen-bond acceptors (Lipinski definition) is 3. The van der Waals surface area contributed by atoms with Crippen LogP contribution in [-0.4, -0.2) is 16.9 Å². The van der Waals surface area contributed by atoms with Gasteiger partial charge in [0.2, 0.25) is 5.91 Å². The Balaban J connectivity index is 2.07. The van der Waals surface area contributed by atoms with Gasteiger partial charge < -0.3 is 11.1 Å². The highest BCUT2D eigenvalue weighted by molar-refractivity contribution is 5.83. The van der Waals surface area contributed by atoms with E-state index in [2.05, 4.69) is 10.3 Å². The number of hydrogen-bond donors (Lipinski definition) is 2. The van der Waals surface area contributed by atoms with Crippen LogP contribution in [0.25, 0.3) is 0 Å². The molecular weight excluding hydrogens is 307 g/mol. The van der Waals surface area contributed by atoms with Crippen LogP contribution in [0.5, 0.6) is 0 Å². The zero-order valence-corrected chi connectivity index (χ0v) is 13.3. The zero-order chi connectivity index (χ0) is 17.3. The molecule has 0 bridgehead atoms. The molecule has 2 atom stereocenters. The van der Waals surface area contributed by atoms with Crippen LogP contribution in [0.4, 0.5) is 13.2 Å². The first kappa shape index (κ1) is 17.7. The molecule has 0 aliphatic heterocycles. The number of nitrogens with two attached hydrogens (primary N) is 1. The minimum Gasteiger partial charge on any atom is -0.351 e. The molecule has 1 aliphatic rings. The van der Waals surface area contributed by atoms with Gasteiger partial charge in [-0.05, 0) is 36.8 Å². The van der Waals surface area contributed by atoms with Gasteiger partial charge >= 0.3 is 6.18 Å². The van der Waals surface area contributed by atoms with Gasteiger partial charge in [0.05, 0.1) is 11.0 Å². The van der Waals surface area contributed by atoms with Crippen molar-refractivity contribution in [3.8, 4) is 0 Å². The van der Waals surface area contributed by atoms with Crippen LogP contribution in [0, 0.1) is 11.3 Å². The highest BCUT2D eigenvalue weighted by Crippen LogP contribution is 2.44. The molecule has 7 heteroatoms. The van der Waals surface area contributed by atoms with Crippen molar-refractivity contribution in [3.63, 3.8) is 0 Å². The lowest BCUT2D eigenvalue weighted by atomic mass is 9.74. The third kappa shape index (κ3) is 3.83. The van der Waals surface area contributed by atoms with E-state index in [1.165, 1.54) is 6.20 Å². The molecule has 1 aromatic heterocycles. The third-order valence-corrected chi connectivity index (χ3v) is 4.72. The topological polar surface area (TPSA) is 68.0 Å². The fraction of sp³-hybridized carbons (Fsp3) is 0.625. The molecule has 128 valence electrons. The Morgan fingerprint density at radius 2 is 2.17 bits per heavy atom. The predicted octanol–water partition coefficient (Wildman–Crippen LogP) is 2.87. The molecule has 4 nitrogen and oxygen atoms in total. The van der Waals surface area contributed by atoms with E-state index in [1.54, 1.807) is 0 Å². The van der Waals surface area contributed by atoms with Crippen LogP contribution in [0.15, 0.2) is 18.5 Å². The van der Waals surface area contributed by atoms with Crippen LogP contribution >= 0.6 is 0 Å². The summed E-state index contributed by atoms with van der Waals surface area (Å²) in [7, 11) is 0. The summed E-state index contributed by atoms with van der Waals surface area (Å²) in [5, 5.41) is 2.76. The van der Waals surface area contributed by atoms with Crippen molar-refractivity contribution in [2.24, 2.45) is 17.1 Å². The summed E-state index contributed by atoms with van der Waals surface area (Å²) in [6.07, 6.45) is -0.230. The van der Waals surface area contributed by atoms with E-state index >= 15 is 0 Å². The van der Waals surface area contributed by atoms with Crippen molar-refractivity contribution in [1.82, 2.24) is 10.3 Å². The molecule has 1 heterocycles. The summed E-state index contributed by atoms with van der Waals surface area (Å²) in [6.45, 7) is 3.98. The standard InChI is InChI=1S/C16H22F3N3O/c1-10(2)15(4-3-13(20)6-15)14(23)22-8-11-5-12(9-21-7-11)16(17,18)19/h5,7,9-10,13H,3-4,6,8,20H2,1-2H3,(H,22,23)/t13-,15+/m1/s1. The lowest BCUT2D eigenvalue weighted by molar-refractivity contribution is -0.137. The van der Waals surface area contributed by atoms with Crippen LogP contribution < -0.4 is 11.1 Å². The number of amides is 1. The van der Waals surface area contributed by atoms with Crippen molar-refractivity contribution < 1.29 is 18.0 Å². The average molecular weight is 329 g/mol. The molecule has 1 aliphatic carbocycles. The monoisotopic (exact) mass is 329 g/mol. The first-order valence-corrected chi connectivity index (χ1v) is 7.70. The van der Waals surface area contributed by atoms with Gasteiger partial charge in [-0.1, -0.05) is 13.8 Å². The second-order valence-corrected chi connectivity index (χ2v) is 6.58. The molecule has 0 radical (unpaired) electrons. The largest absolute Gasteiger partial charge is 0.417 e. The summed E-state index contributed by atoms with van der Waals surface area (Å²) in [4.78, 5) is 16.2. The number of nitrogens with one attached hydrogen (secondary N) is 1. The molecule has 0 spiro atoms. The van der Waals surface area contributed by atoms with Crippen molar-refractivity contribution in [2.45, 2.75) is 51.9 Å². The van der Waals surface area contributed by atoms with E-state index in [4.69, 9.17) is 5.73 Å². The third-order valence-electron chi connectivity index (χ3n) is 4.72. The molecule has 1 aromatic rings. The smallest absolute Gasteiger partial charge is 0.351 e. The van der Waals surface area contributed by atoms with Crippen LogP contribution in [-0.2, 0) is 17.5 Å². The van der Waals surface area contributed by atoms with E-state index in [1.807, 2.05) is 13.8 Å². The Bertz CT molecular complexity index is 574. The maximum absolute atomic E-state index is 12.7. The summed E-state index contributed by atoms with van der Waals surface area (Å²) < 4.78 is 38.0. The molecule has 1 saturated carbocycles. The van der Waals surface area contributed by atoms with Gasteiger partial charge in [0.1, 0.15) is 0 Å². The summed E-state index contributed by atoms with van der Waals surface area (Å²) in [6, 6.07) is 1.01. The van der Waals surface area contributed by atoms with Gasteiger partial charge in [-0.25, -0.2) is 0 Å². The number of aromatic nitrogens is 1. The summed E-state index contributed by atoms with van der Waals surface area (Å²) in [5.41, 5.74) is 4.93. The normalized spacial score (nSPS) is 24.9. The molecule has 1 fully saturated rings. The highest BCUT2D eigenvalue weighted by Gasteiger charge is 2.46. The minimum atomic E-state index is -4.44. The molecule has 23 heavy (non-hydrogen) atoms. The minimum absolute atomic E-state index is 0.00151. The maximum atomic E-state index is 12.7. The Morgan fingerprint density at radius 1 is 1.48 bits per heavy atom. The summed E-state index contributed by atoms with van der Waals surface area (Å²) in [5.74, 6) is -0.0199. The maximum Gasteiger partial charge on any atom is 0.417 e. The number of pyridine rings is 1. The Morgan fingerprint density at radius 3 is 2.70 bits per heavy atom. The van der Waals surface area contributed by atoms with E-state index in [0.717, 1.165) is 18.7 Å². The van der Waals surface area contributed by atoms with Crippen LogP contribution in [0.1, 0.15) is 44.2 Å². The molecule has 3 N–H and O–H groups in total. The van der Waals surface area contributed by atoms with Crippen molar-refractivity contribution in [1.29, 1.82) is 0 Å². The van der Waals surface area contributed by atoms with Gasteiger partial charge in [-0.15, -0.1) is 0 Å². The molecule has 0 saturated heterocycles. The number of carbonyl (C=O) groups is 1. The summed E-state index contributed by atoms with van der Waals surface area (Å²) >= 11 is 0. The van der Waals surface area contributed by atoms with Crippen LogP contribution in [0.2, 0.25) is 0 Å². The zero-order valence-electron chi connectivity index (χ0n) is 13.3. The van der Waals surface area contributed by atoms with Gasteiger partial charge in [-0.3, -0.25) is 9.78 Å². The number of halogens is 3. The fourth-order valence-corrected chi connectivity index (χ4v) is 3.21. The van der Waals surface area contributed by atoms with Crippen molar-refractivity contribution in [3.05, 3.63) is 29.6 Å². The van der Waals surface area contributed by atoms with Crippen molar-refractivity contribution >= 4 is 5.91 Å². The molecular formula is C16H22F3N3O. The lowest BCUT2D eigenvalue weighted by Crippen LogP contribution is -2.43. The number of nitrogens with zero attached hydrogens (tertiary/aromatic N) is 1. The van der Waals surface area contributed by atoms with Gasteiger partial charge in [0, 0.05) is 25.0 Å². The van der Waals surface area contributed by atoms with Gasteiger partial charge in [0.15, 0.2) is 0 Å². The van der Waals surface area contributed by atoms with E-state index < -0.39 is 17.2 Å². The number of alkyl halides is 3. The quantitative estimate of drug-likeness (QED) is 0.892. The molecule has 2 rings (SSSR count). The predicted molar refractivity (Wildman–Crippen MR) is 80.2 cm³/mol. The Labute approximate surface area is 133 Å². The van der Waals surface area contributed by atoms with Crippen molar-refractivity contribution in [2.75, 3.05) is 0 Å². The molecule has 0 unspecified atom stereocenters. The average Bonchev–Trinajstić information content (AvgIpc) is 2.88. The second-order valence-electron chi connectivity index (χ2n) is 6.58. The van der Waals surface area contributed by atoms with E-state index in [9.17, 15) is 18.0 Å². The first-order valence-electron chi connectivity index (χ1n) is 7.70. The number of rotatable bonds is 4. The highest BCUT2D eigenvalue weighted by atomic mass is 19.4. The SMILES string of the molecule is CC(C)[C@]1(C(=O)NCc2cncc(C(F)(F)F)c2)CC[C@@H](N)C1. The molecule has 0 aromatic carbocycles. The number of carbonyl (C=O) groups excluding carboxylic acids is 1. The molecule has 1 amide bonds. The van der Waals surface area contributed by atoms with E-state index in [0.29, 0.717) is 18.4 Å².